The number of nitrogens with one attached hydrogen (secondary N) is 1. The minimum Gasteiger partial charge on any atom is -0.478 e. The lowest BCUT2D eigenvalue weighted by molar-refractivity contribution is -0.117. The zero-order chi connectivity index (χ0) is 25.1. The molecule has 0 aliphatic heterocycles. The molecular weight excluding hydrogens is 485 g/mol. The van der Waals surface area contributed by atoms with E-state index in [2.05, 4.69) is 15.0 Å². The highest BCUT2D eigenvalue weighted by Gasteiger charge is 2.31. The van der Waals surface area contributed by atoms with E-state index >= 15 is 0 Å². The molecule has 182 valence electrons. The van der Waals surface area contributed by atoms with Gasteiger partial charge in [-0.05, 0) is 54.8 Å². The third kappa shape index (κ3) is 5.92. The molecule has 4 rings (SSSR count). The maximum absolute atomic E-state index is 14.7. The number of carbonyl (C=O) groups is 2. The molecule has 1 saturated carbocycles. The molecule has 35 heavy (non-hydrogen) atoms. The van der Waals surface area contributed by atoms with Gasteiger partial charge in [0.1, 0.15) is 5.75 Å². The average Bonchev–Trinajstić information content (AvgIpc) is 3.65. The van der Waals surface area contributed by atoms with Gasteiger partial charge in [0, 0.05) is 17.4 Å². The summed E-state index contributed by atoms with van der Waals surface area (Å²) >= 11 is 5.84. The van der Waals surface area contributed by atoms with Gasteiger partial charge in [0.2, 0.25) is 5.91 Å². The number of aromatic carboxylic acids is 1. The SMILES string of the molecule is O=C(O)c1ccc(NC(=O)C(CC2CC2)c2ccc(-c3c(OC(F)F)ccc(Cl)c3F)cn2)cc1. The van der Waals surface area contributed by atoms with E-state index in [1.807, 2.05) is 0 Å². The fraction of sp³-hybridized carbons (Fsp3) is 0.240. The molecule has 10 heteroatoms. The summed E-state index contributed by atoms with van der Waals surface area (Å²) in [6.07, 6.45) is 3.84. The lowest BCUT2D eigenvalue weighted by Crippen LogP contribution is -2.22. The summed E-state index contributed by atoms with van der Waals surface area (Å²) in [5.74, 6) is -2.94. The van der Waals surface area contributed by atoms with Crippen molar-refractivity contribution in [3.8, 4) is 16.9 Å². The lowest BCUT2D eigenvalue weighted by atomic mass is 9.95. The lowest BCUT2D eigenvalue weighted by Gasteiger charge is -2.17. The summed E-state index contributed by atoms with van der Waals surface area (Å²) in [4.78, 5) is 28.4. The second-order valence-electron chi connectivity index (χ2n) is 8.19. The van der Waals surface area contributed by atoms with E-state index in [9.17, 15) is 22.8 Å². The van der Waals surface area contributed by atoms with E-state index in [0.717, 1.165) is 25.0 Å². The van der Waals surface area contributed by atoms with Gasteiger partial charge >= 0.3 is 12.6 Å². The molecule has 1 aromatic heterocycles. The minimum atomic E-state index is -3.15. The van der Waals surface area contributed by atoms with Crippen molar-refractivity contribution in [1.82, 2.24) is 4.98 Å². The van der Waals surface area contributed by atoms with Gasteiger partial charge in [0.25, 0.3) is 0 Å². The number of hydrogen-bond donors (Lipinski definition) is 2. The summed E-state index contributed by atoms with van der Waals surface area (Å²) in [7, 11) is 0. The Morgan fingerprint density at radius 2 is 1.83 bits per heavy atom. The van der Waals surface area contributed by atoms with Gasteiger partial charge in [0.15, 0.2) is 5.82 Å². The van der Waals surface area contributed by atoms with E-state index in [0.29, 0.717) is 23.7 Å². The molecule has 0 radical (unpaired) electrons. The van der Waals surface area contributed by atoms with Gasteiger partial charge in [-0.15, -0.1) is 0 Å². The van der Waals surface area contributed by atoms with Crippen LogP contribution in [-0.4, -0.2) is 28.6 Å². The highest BCUT2D eigenvalue weighted by atomic mass is 35.5. The number of carboxylic acids is 1. The van der Waals surface area contributed by atoms with Crippen molar-refractivity contribution in [2.45, 2.75) is 31.8 Å². The van der Waals surface area contributed by atoms with Crippen LogP contribution in [0.15, 0.2) is 54.7 Å². The van der Waals surface area contributed by atoms with E-state index in [4.69, 9.17) is 16.7 Å². The van der Waals surface area contributed by atoms with Crippen LogP contribution < -0.4 is 10.1 Å². The van der Waals surface area contributed by atoms with Crippen LogP contribution in [0.3, 0.4) is 0 Å². The predicted molar refractivity (Wildman–Crippen MR) is 123 cm³/mol. The number of carbonyl (C=O) groups excluding carboxylic acids is 1. The Morgan fingerprint density at radius 1 is 1.11 bits per heavy atom. The predicted octanol–water partition coefficient (Wildman–Crippen LogP) is 6.36. The number of hydrogen-bond acceptors (Lipinski definition) is 4. The number of pyridine rings is 1. The number of alkyl halides is 2. The van der Waals surface area contributed by atoms with E-state index < -0.39 is 24.3 Å². The molecule has 1 atom stereocenters. The Labute approximate surface area is 203 Å². The quantitative estimate of drug-likeness (QED) is 0.354. The maximum atomic E-state index is 14.7. The molecule has 2 aromatic carbocycles. The number of anilines is 1. The van der Waals surface area contributed by atoms with Crippen LogP contribution >= 0.6 is 11.6 Å². The molecule has 3 aromatic rings. The molecule has 1 heterocycles. The second kappa shape index (κ2) is 10.4. The number of rotatable bonds is 9. The number of ether oxygens (including phenoxy) is 1. The molecule has 1 amide bonds. The van der Waals surface area contributed by atoms with Crippen LogP contribution in [0.25, 0.3) is 11.1 Å². The number of nitrogens with zero attached hydrogens (tertiary/aromatic N) is 1. The minimum absolute atomic E-state index is 0.0956. The Bertz CT molecular complexity index is 1230. The van der Waals surface area contributed by atoms with Crippen LogP contribution in [0, 0.1) is 11.7 Å². The van der Waals surface area contributed by atoms with Gasteiger partial charge < -0.3 is 15.2 Å². The Kier molecular flexibility index (Phi) is 7.25. The van der Waals surface area contributed by atoms with Crippen molar-refractivity contribution in [2.75, 3.05) is 5.32 Å². The number of aromatic nitrogens is 1. The van der Waals surface area contributed by atoms with Crippen molar-refractivity contribution in [1.29, 1.82) is 0 Å². The molecule has 2 N–H and O–H groups in total. The van der Waals surface area contributed by atoms with Crippen LogP contribution in [-0.2, 0) is 4.79 Å². The van der Waals surface area contributed by atoms with E-state index in [1.165, 1.54) is 36.5 Å². The van der Waals surface area contributed by atoms with Crippen LogP contribution in [0.5, 0.6) is 5.75 Å². The summed E-state index contributed by atoms with van der Waals surface area (Å²) in [6.45, 7) is -3.15. The monoisotopic (exact) mass is 504 g/mol. The van der Waals surface area contributed by atoms with Crippen LogP contribution in [0.4, 0.5) is 18.9 Å². The number of halogens is 4. The smallest absolute Gasteiger partial charge is 0.387 e. The largest absolute Gasteiger partial charge is 0.478 e. The van der Waals surface area contributed by atoms with Crippen molar-refractivity contribution in [2.24, 2.45) is 5.92 Å². The van der Waals surface area contributed by atoms with Crippen LogP contribution in [0.1, 0.15) is 41.2 Å². The first kappa shape index (κ1) is 24.5. The standard InChI is InChI=1S/C25H20ClF3N2O4/c26-18-8-10-20(35-25(28)29)21(22(18)27)15-5-9-19(30-12-15)17(11-13-1-2-13)23(32)31-16-6-3-14(4-7-16)24(33)34/h3-10,12-13,17,25H,1-2,11H2,(H,31,32)(H,33,34). The third-order valence-corrected chi connectivity index (χ3v) is 5.98. The first-order valence-corrected chi connectivity index (χ1v) is 11.1. The fourth-order valence-corrected chi connectivity index (χ4v) is 3.89. The summed E-state index contributed by atoms with van der Waals surface area (Å²) in [6, 6.07) is 11.1. The first-order valence-electron chi connectivity index (χ1n) is 10.8. The van der Waals surface area contributed by atoms with Crippen molar-refractivity contribution in [3.05, 3.63) is 76.8 Å². The highest BCUT2D eigenvalue weighted by molar-refractivity contribution is 6.31. The second-order valence-corrected chi connectivity index (χ2v) is 8.60. The van der Waals surface area contributed by atoms with E-state index in [-0.39, 0.29) is 33.4 Å². The van der Waals surface area contributed by atoms with Gasteiger partial charge in [-0.25, -0.2) is 9.18 Å². The summed E-state index contributed by atoms with van der Waals surface area (Å²) in [5, 5.41) is 11.5. The molecule has 0 saturated heterocycles. The van der Waals surface area contributed by atoms with Crippen molar-refractivity contribution < 1.29 is 32.6 Å². The molecule has 0 spiro atoms. The number of benzene rings is 2. The molecular formula is C25H20ClF3N2O4. The zero-order valence-corrected chi connectivity index (χ0v) is 18.9. The molecule has 1 aliphatic rings. The molecule has 1 fully saturated rings. The maximum Gasteiger partial charge on any atom is 0.387 e. The van der Waals surface area contributed by atoms with Gasteiger partial charge in [-0.3, -0.25) is 9.78 Å². The van der Waals surface area contributed by atoms with Crippen molar-refractivity contribution >= 4 is 29.2 Å². The Hall–Kier alpha value is -3.59. The topological polar surface area (TPSA) is 88.5 Å². The average molecular weight is 505 g/mol. The van der Waals surface area contributed by atoms with Crippen molar-refractivity contribution in [3.63, 3.8) is 0 Å². The first-order chi connectivity index (χ1) is 16.7. The molecule has 6 nitrogen and oxygen atoms in total. The summed E-state index contributed by atoms with van der Waals surface area (Å²) < 4.78 is 44.8. The highest BCUT2D eigenvalue weighted by Crippen LogP contribution is 2.40. The fourth-order valence-electron chi connectivity index (χ4n) is 3.73. The van der Waals surface area contributed by atoms with Gasteiger partial charge in [-0.1, -0.05) is 30.5 Å². The van der Waals surface area contributed by atoms with Gasteiger partial charge in [-0.2, -0.15) is 8.78 Å². The molecule has 1 unspecified atom stereocenters. The Morgan fingerprint density at radius 3 is 2.40 bits per heavy atom. The molecule has 0 bridgehead atoms. The number of amides is 1. The Balaban J connectivity index is 1.59. The number of carboxylic acid groups (broad SMARTS) is 1. The molecule has 1 aliphatic carbocycles. The van der Waals surface area contributed by atoms with E-state index in [1.54, 1.807) is 6.07 Å². The van der Waals surface area contributed by atoms with Crippen LogP contribution in [0.2, 0.25) is 5.02 Å². The zero-order valence-electron chi connectivity index (χ0n) is 18.2. The third-order valence-electron chi connectivity index (χ3n) is 5.69. The summed E-state index contributed by atoms with van der Waals surface area (Å²) in [5.41, 5.74) is 0.877. The normalized spacial score (nSPS) is 14.0. The van der Waals surface area contributed by atoms with Gasteiger partial charge in [0.05, 0.1) is 27.8 Å².